The van der Waals surface area contributed by atoms with E-state index in [1.54, 1.807) is 0 Å². The van der Waals surface area contributed by atoms with Gasteiger partial charge < -0.3 is 15.2 Å². The number of aromatic amines is 1. The van der Waals surface area contributed by atoms with Gasteiger partial charge in [-0.25, -0.2) is 0 Å². The van der Waals surface area contributed by atoms with Crippen molar-refractivity contribution in [2.45, 2.75) is 39.0 Å². The number of rotatable bonds is 5. The lowest BCUT2D eigenvalue weighted by atomic mass is 9.92. The molecular weight excluding hydrogens is 274 g/mol. The van der Waals surface area contributed by atoms with Crippen molar-refractivity contribution in [3.05, 3.63) is 30.0 Å². The third kappa shape index (κ3) is 4.34. The molecule has 0 bridgehead atoms. The van der Waals surface area contributed by atoms with Gasteiger partial charge in [0.05, 0.1) is 0 Å². The summed E-state index contributed by atoms with van der Waals surface area (Å²) in [5.41, 5.74) is 3.27. The van der Waals surface area contributed by atoms with E-state index in [-0.39, 0.29) is 11.3 Å². The summed E-state index contributed by atoms with van der Waals surface area (Å²) in [6.45, 7) is 7.49. The molecule has 1 heterocycles. The fourth-order valence-electron chi connectivity index (χ4n) is 2.39. The van der Waals surface area contributed by atoms with Crippen LogP contribution in [0.15, 0.2) is 24.3 Å². The van der Waals surface area contributed by atoms with Gasteiger partial charge >= 0.3 is 0 Å². The maximum atomic E-state index is 12.0. The molecular formula is C18H27N3O. The zero-order valence-corrected chi connectivity index (χ0v) is 14.3. The molecule has 4 heteroatoms. The van der Waals surface area contributed by atoms with Crippen LogP contribution in [0.25, 0.3) is 10.9 Å². The molecule has 0 fully saturated rings. The Bertz CT molecular complexity index is 650. The molecule has 120 valence electrons. The second-order valence-corrected chi connectivity index (χ2v) is 7.19. The van der Waals surface area contributed by atoms with Gasteiger partial charge in [-0.1, -0.05) is 20.8 Å². The number of hydrogen-bond acceptors (Lipinski definition) is 2. The average molecular weight is 301 g/mol. The number of hydrogen-bond donors (Lipinski definition) is 2. The Morgan fingerprint density at radius 2 is 1.95 bits per heavy atom. The van der Waals surface area contributed by atoms with E-state index in [0.29, 0.717) is 6.42 Å². The molecule has 0 saturated carbocycles. The molecule has 1 aromatic carbocycles. The maximum Gasteiger partial charge on any atom is 0.224 e. The number of aromatic nitrogens is 1. The Morgan fingerprint density at radius 1 is 1.23 bits per heavy atom. The number of carbonyl (C=O) groups excluding carboxylic acids is 1. The zero-order chi connectivity index (χ0) is 16.3. The van der Waals surface area contributed by atoms with Crippen LogP contribution in [0.2, 0.25) is 0 Å². The van der Waals surface area contributed by atoms with Crippen LogP contribution in [0.1, 0.15) is 39.3 Å². The van der Waals surface area contributed by atoms with Crippen molar-refractivity contribution >= 4 is 22.5 Å². The highest BCUT2D eigenvalue weighted by atomic mass is 16.1. The Kier molecular flexibility index (Phi) is 4.91. The number of nitrogens with zero attached hydrogens (tertiary/aromatic N) is 1. The first kappa shape index (κ1) is 16.6. The van der Waals surface area contributed by atoms with E-state index in [1.807, 2.05) is 32.3 Å². The predicted molar refractivity (Wildman–Crippen MR) is 93.4 cm³/mol. The number of benzene rings is 1. The Hall–Kier alpha value is -1.81. The monoisotopic (exact) mass is 301 g/mol. The maximum absolute atomic E-state index is 12.0. The van der Waals surface area contributed by atoms with Crippen molar-refractivity contribution in [3.63, 3.8) is 0 Å². The number of carbonyl (C=O) groups is 1. The molecule has 0 aliphatic carbocycles. The molecule has 4 nitrogen and oxygen atoms in total. The normalized spacial score (nSPS) is 12.1. The molecule has 2 rings (SSSR count). The Morgan fingerprint density at radius 3 is 2.59 bits per heavy atom. The number of H-pyrrole nitrogens is 1. The molecule has 1 aromatic heterocycles. The third-order valence-electron chi connectivity index (χ3n) is 3.72. The molecule has 2 aromatic rings. The van der Waals surface area contributed by atoms with Gasteiger partial charge in [0.2, 0.25) is 5.91 Å². The summed E-state index contributed by atoms with van der Waals surface area (Å²) in [4.78, 5) is 17.5. The average Bonchev–Trinajstić information content (AvgIpc) is 2.81. The van der Waals surface area contributed by atoms with Crippen molar-refractivity contribution < 1.29 is 4.79 Å². The summed E-state index contributed by atoms with van der Waals surface area (Å²) in [6.07, 6.45) is 1.43. The van der Waals surface area contributed by atoms with Crippen LogP contribution in [0.3, 0.4) is 0 Å². The molecule has 0 spiro atoms. The van der Waals surface area contributed by atoms with Crippen molar-refractivity contribution in [3.8, 4) is 0 Å². The van der Waals surface area contributed by atoms with Gasteiger partial charge in [-0.2, -0.15) is 0 Å². The number of nitrogens with one attached hydrogen (secondary N) is 2. The lowest BCUT2D eigenvalue weighted by molar-refractivity contribution is -0.116. The highest BCUT2D eigenvalue weighted by molar-refractivity contribution is 5.94. The van der Waals surface area contributed by atoms with Crippen LogP contribution in [0.5, 0.6) is 0 Å². The number of amides is 1. The van der Waals surface area contributed by atoms with Crippen molar-refractivity contribution in [1.29, 1.82) is 0 Å². The van der Waals surface area contributed by atoms with Gasteiger partial charge in [0.15, 0.2) is 0 Å². The first-order valence-electron chi connectivity index (χ1n) is 7.83. The molecule has 2 N–H and O–H groups in total. The van der Waals surface area contributed by atoms with E-state index in [4.69, 9.17) is 0 Å². The highest BCUT2D eigenvalue weighted by Gasteiger charge is 2.16. The SMILES string of the molecule is CN(C)CCCC(=O)Nc1ccc2[nH]c(C(C)(C)C)cc2c1. The minimum absolute atomic E-state index is 0.0766. The van der Waals surface area contributed by atoms with Gasteiger partial charge in [0.25, 0.3) is 0 Å². The standard InChI is InChI=1S/C18H27N3O/c1-18(2,3)16-12-13-11-14(8-9-15(13)20-16)19-17(22)7-6-10-21(4)5/h8-9,11-12,20H,6-7,10H2,1-5H3,(H,19,22). The molecule has 1 amide bonds. The van der Waals surface area contributed by atoms with Gasteiger partial charge in [-0.05, 0) is 51.3 Å². The van der Waals surface area contributed by atoms with Crippen molar-refractivity contribution in [2.24, 2.45) is 0 Å². The fourth-order valence-corrected chi connectivity index (χ4v) is 2.39. The predicted octanol–water partition coefficient (Wildman–Crippen LogP) is 3.75. The molecule has 22 heavy (non-hydrogen) atoms. The first-order valence-corrected chi connectivity index (χ1v) is 7.83. The third-order valence-corrected chi connectivity index (χ3v) is 3.72. The molecule has 0 atom stereocenters. The molecule has 0 aliphatic heterocycles. The van der Waals surface area contributed by atoms with Crippen LogP contribution in [0, 0.1) is 0 Å². The lowest BCUT2D eigenvalue weighted by Crippen LogP contribution is -2.17. The van der Waals surface area contributed by atoms with Crippen LogP contribution >= 0.6 is 0 Å². The van der Waals surface area contributed by atoms with E-state index in [9.17, 15) is 4.79 Å². The molecule has 0 aliphatic rings. The summed E-state index contributed by atoms with van der Waals surface area (Å²) >= 11 is 0. The van der Waals surface area contributed by atoms with E-state index >= 15 is 0 Å². The summed E-state index contributed by atoms with van der Waals surface area (Å²) in [5, 5.41) is 4.12. The largest absolute Gasteiger partial charge is 0.358 e. The quantitative estimate of drug-likeness (QED) is 0.883. The second-order valence-electron chi connectivity index (χ2n) is 7.19. The van der Waals surface area contributed by atoms with E-state index in [2.05, 4.69) is 42.0 Å². The minimum atomic E-state index is 0.0766. The Balaban J connectivity index is 2.05. The van der Waals surface area contributed by atoms with Crippen molar-refractivity contribution in [1.82, 2.24) is 9.88 Å². The molecule has 0 radical (unpaired) electrons. The molecule has 0 saturated heterocycles. The smallest absolute Gasteiger partial charge is 0.224 e. The topological polar surface area (TPSA) is 48.1 Å². The van der Waals surface area contributed by atoms with E-state index in [0.717, 1.165) is 29.6 Å². The van der Waals surface area contributed by atoms with Gasteiger partial charge in [0, 0.05) is 34.1 Å². The number of fused-ring (bicyclic) bond motifs is 1. The lowest BCUT2D eigenvalue weighted by Gasteiger charge is -2.15. The Labute approximate surface area is 132 Å². The van der Waals surface area contributed by atoms with Gasteiger partial charge in [-0.3, -0.25) is 4.79 Å². The summed E-state index contributed by atoms with van der Waals surface area (Å²) < 4.78 is 0. The molecule has 0 unspecified atom stereocenters. The van der Waals surface area contributed by atoms with Gasteiger partial charge in [0.1, 0.15) is 0 Å². The van der Waals surface area contributed by atoms with Crippen LogP contribution in [-0.4, -0.2) is 36.4 Å². The van der Waals surface area contributed by atoms with Crippen LogP contribution in [0.4, 0.5) is 5.69 Å². The first-order chi connectivity index (χ1) is 10.3. The minimum Gasteiger partial charge on any atom is -0.358 e. The van der Waals surface area contributed by atoms with Crippen LogP contribution in [-0.2, 0) is 10.2 Å². The summed E-state index contributed by atoms with van der Waals surface area (Å²) in [6, 6.07) is 8.18. The van der Waals surface area contributed by atoms with E-state index in [1.165, 1.54) is 5.69 Å². The number of anilines is 1. The summed E-state index contributed by atoms with van der Waals surface area (Å²) in [5.74, 6) is 0.0766. The second kappa shape index (κ2) is 6.53. The summed E-state index contributed by atoms with van der Waals surface area (Å²) in [7, 11) is 4.04. The zero-order valence-electron chi connectivity index (χ0n) is 14.3. The van der Waals surface area contributed by atoms with Crippen molar-refractivity contribution in [2.75, 3.05) is 26.0 Å². The van der Waals surface area contributed by atoms with Gasteiger partial charge in [-0.15, -0.1) is 0 Å². The van der Waals surface area contributed by atoms with E-state index < -0.39 is 0 Å². The van der Waals surface area contributed by atoms with Crippen LogP contribution < -0.4 is 5.32 Å². The highest BCUT2D eigenvalue weighted by Crippen LogP contribution is 2.27. The fraction of sp³-hybridized carbons (Fsp3) is 0.500.